The summed E-state index contributed by atoms with van der Waals surface area (Å²) in [5.41, 5.74) is 0.526. The van der Waals surface area contributed by atoms with E-state index in [1.54, 1.807) is 6.92 Å². The van der Waals surface area contributed by atoms with Crippen LogP contribution in [-0.2, 0) is 16.0 Å². The van der Waals surface area contributed by atoms with Gasteiger partial charge in [-0.2, -0.15) is 0 Å². The number of halogens is 1. The van der Waals surface area contributed by atoms with Crippen LogP contribution in [0.1, 0.15) is 32.3 Å². The number of phenolic OH excluding ortho intramolecular Hbond substituents is 1. The van der Waals surface area contributed by atoms with E-state index >= 15 is 0 Å². The van der Waals surface area contributed by atoms with Crippen molar-refractivity contribution < 1.29 is 19.0 Å². The summed E-state index contributed by atoms with van der Waals surface area (Å²) in [5.74, 6) is -0.745. The van der Waals surface area contributed by atoms with Gasteiger partial charge in [-0.05, 0) is 49.9 Å². The van der Waals surface area contributed by atoms with Crippen molar-refractivity contribution in [2.45, 2.75) is 33.1 Å². The van der Waals surface area contributed by atoms with Gasteiger partial charge in [0.2, 0.25) is 0 Å². The number of phenols is 1. The molecule has 1 N–H and O–H groups in total. The Balaban J connectivity index is 2.62. The van der Waals surface area contributed by atoms with Gasteiger partial charge in [-0.3, -0.25) is 4.79 Å². The molecule has 0 radical (unpaired) electrons. The molecule has 18 heavy (non-hydrogen) atoms. The quantitative estimate of drug-likeness (QED) is 0.794. The highest BCUT2D eigenvalue weighted by Crippen LogP contribution is 2.22. The summed E-state index contributed by atoms with van der Waals surface area (Å²) in [6.07, 6.45) is 1.68. The van der Waals surface area contributed by atoms with Gasteiger partial charge in [0.05, 0.1) is 12.5 Å². The Morgan fingerprint density at radius 1 is 1.44 bits per heavy atom. The van der Waals surface area contributed by atoms with Crippen molar-refractivity contribution in [1.82, 2.24) is 0 Å². The van der Waals surface area contributed by atoms with E-state index in [4.69, 9.17) is 4.74 Å². The van der Waals surface area contributed by atoms with Crippen molar-refractivity contribution in [2.24, 2.45) is 5.92 Å². The highest BCUT2D eigenvalue weighted by atomic mass is 19.1. The summed E-state index contributed by atoms with van der Waals surface area (Å²) in [6, 6.07) is 3.84. The Labute approximate surface area is 107 Å². The molecule has 0 aliphatic heterocycles. The van der Waals surface area contributed by atoms with Crippen molar-refractivity contribution in [3.8, 4) is 5.75 Å². The van der Waals surface area contributed by atoms with Crippen LogP contribution in [0, 0.1) is 11.7 Å². The maximum absolute atomic E-state index is 13.0. The van der Waals surface area contributed by atoms with E-state index in [1.165, 1.54) is 18.2 Å². The number of benzene rings is 1. The molecule has 0 fully saturated rings. The number of hydrogen-bond donors (Lipinski definition) is 1. The van der Waals surface area contributed by atoms with Gasteiger partial charge in [-0.1, -0.05) is 6.92 Å². The molecule has 0 aliphatic carbocycles. The van der Waals surface area contributed by atoms with Gasteiger partial charge in [-0.25, -0.2) is 4.39 Å². The zero-order valence-corrected chi connectivity index (χ0v) is 10.8. The van der Waals surface area contributed by atoms with Gasteiger partial charge in [0.1, 0.15) is 11.6 Å². The predicted octanol–water partition coefficient (Wildman–Crippen LogP) is 3.05. The summed E-state index contributed by atoms with van der Waals surface area (Å²) in [5, 5.41) is 9.58. The van der Waals surface area contributed by atoms with Crippen LogP contribution in [0.4, 0.5) is 4.39 Å². The third kappa shape index (κ3) is 4.02. The summed E-state index contributed by atoms with van der Waals surface area (Å²) in [7, 11) is 0. The molecular weight excluding hydrogens is 235 g/mol. The topological polar surface area (TPSA) is 46.5 Å². The highest BCUT2D eigenvalue weighted by Gasteiger charge is 2.18. The van der Waals surface area contributed by atoms with E-state index < -0.39 is 0 Å². The first-order chi connectivity index (χ1) is 8.58. The van der Waals surface area contributed by atoms with Gasteiger partial charge < -0.3 is 9.84 Å². The molecule has 1 aromatic carbocycles. The molecule has 1 aromatic rings. The molecular formula is C14H19FO3. The molecule has 0 aliphatic rings. The monoisotopic (exact) mass is 254 g/mol. The molecule has 0 spiro atoms. The highest BCUT2D eigenvalue weighted by molar-refractivity contribution is 5.72. The number of rotatable bonds is 6. The molecule has 0 bridgehead atoms. The largest absolute Gasteiger partial charge is 0.508 e. The van der Waals surface area contributed by atoms with Crippen LogP contribution in [0.3, 0.4) is 0 Å². The lowest BCUT2D eigenvalue weighted by molar-refractivity contribution is -0.148. The van der Waals surface area contributed by atoms with Crippen LogP contribution in [-0.4, -0.2) is 17.7 Å². The van der Waals surface area contributed by atoms with Crippen LogP contribution >= 0.6 is 0 Å². The minimum absolute atomic E-state index is 0.0649. The summed E-state index contributed by atoms with van der Waals surface area (Å²) in [6.45, 7) is 4.04. The molecule has 0 saturated heterocycles. The van der Waals surface area contributed by atoms with Gasteiger partial charge in [0.15, 0.2) is 0 Å². The Morgan fingerprint density at radius 2 is 2.17 bits per heavy atom. The first-order valence-electron chi connectivity index (χ1n) is 6.22. The fourth-order valence-electron chi connectivity index (χ4n) is 1.83. The number of carbonyl (C=O) groups excluding carboxylic acids is 1. The maximum Gasteiger partial charge on any atom is 0.308 e. The van der Waals surface area contributed by atoms with E-state index in [9.17, 15) is 14.3 Å². The number of aromatic hydroxyl groups is 1. The lowest BCUT2D eigenvalue weighted by Crippen LogP contribution is -2.17. The average Bonchev–Trinajstić information content (AvgIpc) is 2.34. The smallest absolute Gasteiger partial charge is 0.308 e. The van der Waals surface area contributed by atoms with Crippen LogP contribution in [0.2, 0.25) is 0 Å². The van der Waals surface area contributed by atoms with E-state index in [0.717, 1.165) is 0 Å². The molecule has 0 aromatic heterocycles. The fraction of sp³-hybridized carbons (Fsp3) is 0.500. The number of aryl methyl sites for hydroxylation is 1. The molecule has 0 saturated carbocycles. The van der Waals surface area contributed by atoms with Gasteiger partial charge in [0, 0.05) is 0 Å². The number of esters is 1. The normalized spacial score (nSPS) is 12.2. The van der Waals surface area contributed by atoms with Gasteiger partial charge >= 0.3 is 5.97 Å². The minimum Gasteiger partial charge on any atom is -0.508 e. The summed E-state index contributed by atoms with van der Waals surface area (Å²) < 4.78 is 18.0. The lowest BCUT2D eigenvalue weighted by atomic mass is 9.97. The zero-order valence-electron chi connectivity index (χ0n) is 10.8. The maximum atomic E-state index is 13.0. The molecule has 0 amide bonds. The Bertz CT molecular complexity index is 404. The van der Waals surface area contributed by atoms with Gasteiger partial charge in [-0.15, -0.1) is 0 Å². The summed E-state index contributed by atoms with van der Waals surface area (Å²) in [4.78, 5) is 11.6. The third-order valence-corrected chi connectivity index (χ3v) is 2.92. The van der Waals surface area contributed by atoms with E-state index in [0.29, 0.717) is 31.4 Å². The average molecular weight is 254 g/mol. The second-order valence-corrected chi connectivity index (χ2v) is 4.17. The minimum atomic E-state index is -0.382. The molecule has 1 unspecified atom stereocenters. The zero-order chi connectivity index (χ0) is 13.5. The van der Waals surface area contributed by atoms with Crippen molar-refractivity contribution in [1.29, 1.82) is 0 Å². The molecule has 1 rings (SSSR count). The number of ether oxygens (including phenoxy) is 1. The van der Waals surface area contributed by atoms with E-state index in [2.05, 4.69) is 0 Å². The lowest BCUT2D eigenvalue weighted by Gasteiger charge is -2.13. The Hall–Kier alpha value is -1.58. The van der Waals surface area contributed by atoms with Gasteiger partial charge in [0.25, 0.3) is 0 Å². The fourth-order valence-corrected chi connectivity index (χ4v) is 1.83. The predicted molar refractivity (Wildman–Crippen MR) is 66.8 cm³/mol. The molecule has 100 valence electrons. The van der Waals surface area contributed by atoms with Crippen LogP contribution in [0.15, 0.2) is 18.2 Å². The molecule has 3 nitrogen and oxygen atoms in total. The van der Waals surface area contributed by atoms with E-state index in [1.807, 2.05) is 6.92 Å². The van der Waals surface area contributed by atoms with Crippen molar-refractivity contribution in [2.75, 3.05) is 6.61 Å². The molecule has 0 heterocycles. The second-order valence-electron chi connectivity index (χ2n) is 4.17. The summed E-state index contributed by atoms with van der Waals surface area (Å²) >= 11 is 0. The molecule has 1 atom stereocenters. The SMILES string of the molecule is CCOC(=O)C(CC)CCc1cc(F)ccc1O. The van der Waals surface area contributed by atoms with Crippen molar-refractivity contribution in [3.05, 3.63) is 29.6 Å². The van der Waals surface area contributed by atoms with Crippen LogP contribution in [0.25, 0.3) is 0 Å². The molecule has 4 heteroatoms. The number of hydrogen-bond acceptors (Lipinski definition) is 3. The van der Waals surface area contributed by atoms with Crippen LogP contribution in [0.5, 0.6) is 5.75 Å². The van der Waals surface area contributed by atoms with E-state index in [-0.39, 0.29) is 23.5 Å². The Morgan fingerprint density at radius 3 is 2.78 bits per heavy atom. The van der Waals surface area contributed by atoms with Crippen LogP contribution < -0.4 is 0 Å². The van der Waals surface area contributed by atoms with Crippen molar-refractivity contribution >= 4 is 5.97 Å². The first-order valence-corrected chi connectivity index (χ1v) is 6.22. The standard InChI is InChI=1S/C14H19FO3/c1-3-10(14(17)18-4-2)5-6-11-9-12(15)7-8-13(11)16/h7-10,16H,3-6H2,1-2H3. The van der Waals surface area contributed by atoms with Crippen molar-refractivity contribution in [3.63, 3.8) is 0 Å². The first kappa shape index (κ1) is 14.5. The Kier molecular flexibility index (Phi) is 5.62. The third-order valence-electron chi connectivity index (χ3n) is 2.92. The second kappa shape index (κ2) is 6.99. The number of carbonyl (C=O) groups is 1.